The van der Waals surface area contributed by atoms with Gasteiger partial charge in [-0.05, 0) is 18.8 Å². The number of carboxylic acids is 1. The fourth-order valence-electron chi connectivity index (χ4n) is 2.59. The molecule has 0 aromatic carbocycles. The van der Waals surface area contributed by atoms with Crippen molar-refractivity contribution < 1.29 is 14.6 Å². The summed E-state index contributed by atoms with van der Waals surface area (Å²) in [6.07, 6.45) is 12.3. The monoisotopic (exact) mass is 252 g/mol. The Morgan fingerprint density at radius 2 is 2.17 bits per heavy atom. The first-order valence-corrected chi connectivity index (χ1v) is 6.75. The fraction of sp³-hybridized carbons (Fsp3) is 0.667. The van der Waals surface area contributed by atoms with Crippen LogP contribution in [0.25, 0.3) is 0 Å². The minimum absolute atomic E-state index is 0.0387. The number of hydrogen-bond acceptors (Lipinski definition) is 2. The van der Waals surface area contributed by atoms with Gasteiger partial charge in [0.25, 0.3) is 0 Å². The van der Waals surface area contributed by atoms with Gasteiger partial charge in [-0.3, -0.25) is 4.79 Å². The molecule has 2 atom stereocenters. The third kappa shape index (κ3) is 3.45. The third-order valence-corrected chi connectivity index (χ3v) is 3.73. The van der Waals surface area contributed by atoms with Gasteiger partial charge in [-0.15, -0.1) is 0 Å². The molecule has 0 amide bonds. The molecule has 1 aliphatic carbocycles. The van der Waals surface area contributed by atoms with Crippen LogP contribution in [0.1, 0.15) is 39.0 Å². The van der Waals surface area contributed by atoms with Gasteiger partial charge in [0.2, 0.25) is 0 Å². The second kappa shape index (κ2) is 7.37. The highest BCUT2D eigenvalue weighted by molar-refractivity contribution is 5.78. The Morgan fingerprint density at radius 3 is 2.78 bits per heavy atom. The summed E-state index contributed by atoms with van der Waals surface area (Å²) in [6, 6.07) is 0. The van der Waals surface area contributed by atoms with Crippen molar-refractivity contribution in [1.29, 1.82) is 0 Å². The first kappa shape index (κ1) is 15.0. The van der Waals surface area contributed by atoms with Crippen molar-refractivity contribution in [2.24, 2.45) is 11.3 Å². The van der Waals surface area contributed by atoms with Gasteiger partial charge < -0.3 is 9.84 Å². The van der Waals surface area contributed by atoms with Gasteiger partial charge in [0.1, 0.15) is 0 Å². The van der Waals surface area contributed by atoms with Gasteiger partial charge in [-0.2, -0.15) is 0 Å². The number of aliphatic carboxylic acids is 1. The fourth-order valence-corrected chi connectivity index (χ4v) is 2.59. The number of allylic oxidation sites excluding steroid dienone is 3. The van der Waals surface area contributed by atoms with E-state index in [9.17, 15) is 9.90 Å². The van der Waals surface area contributed by atoms with Crippen LogP contribution in [0.15, 0.2) is 24.3 Å². The molecule has 0 aliphatic heterocycles. The molecule has 0 bridgehead atoms. The molecule has 0 heterocycles. The van der Waals surface area contributed by atoms with E-state index in [1.165, 1.54) is 0 Å². The summed E-state index contributed by atoms with van der Waals surface area (Å²) in [6.45, 7) is 2.73. The molecule has 1 rings (SSSR count). The van der Waals surface area contributed by atoms with Gasteiger partial charge in [0, 0.05) is 13.7 Å². The maximum atomic E-state index is 11.7. The molecule has 0 aromatic rings. The Bertz CT molecular complexity index is 320. The molecule has 0 saturated heterocycles. The Kier molecular flexibility index (Phi) is 6.13. The van der Waals surface area contributed by atoms with E-state index in [1.54, 1.807) is 7.11 Å². The summed E-state index contributed by atoms with van der Waals surface area (Å²) < 4.78 is 5.09. The Balaban J connectivity index is 2.80. The van der Waals surface area contributed by atoms with Crippen LogP contribution < -0.4 is 0 Å². The van der Waals surface area contributed by atoms with Gasteiger partial charge in [0.15, 0.2) is 0 Å². The molecule has 1 N–H and O–H groups in total. The maximum Gasteiger partial charge on any atom is 0.314 e. The van der Waals surface area contributed by atoms with Gasteiger partial charge in [0.05, 0.1) is 5.41 Å². The zero-order valence-electron chi connectivity index (χ0n) is 11.4. The van der Waals surface area contributed by atoms with Crippen LogP contribution >= 0.6 is 0 Å². The highest BCUT2D eigenvalue weighted by Crippen LogP contribution is 2.41. The van der Waals surface area contributed by atoms with Crippen LogP contribution in [-0.2, 0) is 9.53 Å². The number of hydrogen-bond donors (Lipinski definition) is 1. The lowest BCUT2D eigenvalue weighted by Gasteiger charge is -2.35. The molecule has 102 valence electrons. The summed E-state index contributed by atoms with van der Waals surface area (Å²) >= 11 is 0. The zero-order valence-corrected chi connectivity index (χ0v) is 11.4. The molecule has 0 fully saturated rings. The molecule has 0 spiro atoms. The largest absolute Gasteiger partial charge is 0.481 e. The van der Waals surface area contributed by atoms with E-state index in [2.05, 4.69) is 6.92 Å². The van der Waals surface area contributed by atoms with E-state index in [0.29, 0.717) is 13.0 Å². The average molecular weight is 252 g/mol. The maximum absolute atomic E-state index is 11.7. The lowest BCUT2D eigenvalue weighted by molar-refractivity contribution is -0.149. The lowest BCUT2D eigenvalue weighted by Crippen LogP contribution is -2.38. The molecule has 2 unspecified atom stereocenters. The van der Waals surface area contributed by atoms with E-state index in [1.807, 2.05) is 24.3 Å². The second-order valence-corrected chi connectivity index (χ2v) is 4.93. The van der Waals surface area contributed by atoms with E-state index in [0.717, 1.165) is 25.7 Å². The van der Waals surface area contributed by atoms with E-state index >= 15 is 0 Å². The van der Waals surface area contributed by atoms with Crippen LogP contribution in [0, 0.1) is 11.3 Å². The Hall–Kier alpha value is -1.09. The molecule has 0 radical (unpaired) electrons. The molecular weight excluding hydrogens is 228 g/mol. The molecule has 18 heavy (non-hydrogen) atoms. The first-order chi connectivity index (χ1) is 8.67. The van der Waals surface area contributed by atoms with Crippen LogP contribution in [0.4, 0.5) is 0 Å². The lowest BCUT2D eigenvalue weighted by atomic mass is 9.68. The number of carbonyl (C=O) groups is 1. The third-order valence-electron chi connectivity index (χ3n) is 3.73. The average Bonchev–Trinajstić information content (AvgIpc) is 2.37. The smallest absolute Gasteiger partial charge is 0.314 e. The van der Waals surface area contributed by atoms with Crippen molar-refractivity contribution in [3.63, 3.8) is 0 Å². The predicted octanol–water partition coefficient (Wildman–Crippen LogP) is 3.42. The minimum atomic E-state index is -0.734. The summed E-state index contributed by atoms with van der Waals surface area (Å²) in [4.78, 5) is 11.7. The van der Waals surface area contributed by atoms with Crippen molar-refractivity contribution in [3.8, 4) is 0 Å². The molecule has 0 saturated carbocycles. The minimum Gasteiger partial charge on any atom is -0.481 e. The zero-order chi connectivity index (χ0) is 13.4. The first-order valence-electron chi connectivity index (χ1n) is 6.75. The van der Waals surface area contributed by atoms with Crippen molar-refractivity contribution in [3.05, 3.63) is 24.3 Å². The van der Waals surface area contributed by atoms with Crippen molar-refractivity contribution >= 4 is 5.97 Å². The molecule has 3 nitrogen and oxygen atoms in total. The summed E-state index contributed by atoms with van der Waals surface area (Å²) in [5.74, 6) is -0.669. The van der Waals surface area contributed by atoms with E-state index < -0.39 is 11.4 Å². The SMILES string of the molecule is CCCCCC1(C(=O)O)C=CC=CC1CCOC. The van der Waals surface area contributed by atoms with E-state index in [-0.39, 0.29) is 5.92 Å². The topological polar surface area (TPSA) is 46.5 Å². The highest BCUT2D eigenvalue weighted by Gasteiger charge is 2.42. The number of rotatable bonds is 8. The molecule has 3 heteroatoms. The molecule has 1 aliphatic rings. The summed E-state index contributed by atoms with van der Waals surface area (Å²) in [5.41, 5.74) is -0.734. The van der Waals surface area contributed by atoms with Crippen LogP contribution in [0.3, 0.4) is 0 Å². The van der Waals surface area contributed by atoms with Crippen LogP contribution in [0.2, 0.25) is 0 Å². The van der Waals surface area contributed by atoms with Crippen LogP contribution in [-0.4, -0.2) is 24.8 Å². The summed E-state index contributed by atoms with van der Waals surface area (Å²) in [7, 11) is 1.65. The summed E-state index contributed by atoms with van der Waals surface area (Å²) in [5, 5.41) is 9.63. The van der Waals surface area contributed by atoms with Crippen molar-refractivity contribution in [2.45, 2.75) is 39.0 Å². The number of carboxylic acid groups (broad SMARTS) is 1. The highest BCUT2D eigenvalue weighted by atomic mass is 16.5. The Morgan fingerprint density at radius 1 is 1.39 bits per heavy atom. The number of unbranched alkanes of at least 4 members (excludes halogenated alkanes) is 2. The normalized spacial score (nSPS) is 26.4. The molecule has 0 aromatic heterocycles. The standard InChI is InChI=1S/C15H24O3/c1-3-4-6-10-15(14(16)17)11-7-5-8-13(15)9-12-18-2/h5,7-8,11,13H,3-4,6,9-10,12H2,1-2H3,(H,16,17). The van der Waals surface area contributed by atoms with Gasteiger partial charge >= 0.3 is 5.97 Å². The molecular formula is C15H24O3. The predicted molar refractivity (Wildman–Crippen MR) is 72.5 cm³/mol. The Labute approximate surface area is 110 Å². The van der Waals surface area contributed by atoms with Gasteiger partial charge in [-0.25, -0.2) is 0 Å². The van der Waals surface area contributed by atoms with Crippen molar-refractivity contribution in [1.82, 2.24) is 0 Å². The van der Waals surface area contributed by atoms with Gasteiger partial charge in [-0.1, -0.05) is 50.5 Å². The second-order valence-electron chi connectivity index (χ2n) is 4.93. The van der Waals surface area contributed by atoms with Crippen LogP contribution in [0.5, 0.6) is 0 Å². The number of methoxy groups -OCH3 is 1. The quantitative estimate of drug-likeness (QED) is 0.673. The number of ether oxygens (including phenoxy) is 1. The van der Waals surface area contributed by atoms with E-state index in [4.69, 9.17) is 4.74 Å². The van der Waals surface area contributed by atoms with Crippen molar-refractivity contribution in [2.75, 3.05) is 13.7 Å².